The van der Waals surface area contributed by atoms with E-state index in [0.29, 0.717) is 18.0 Å². The maximum atomic E-state index is 13.4. The van der Waals surface area contributed by atoms with Gasteiger partial charge in [0.1, 0.15) is 5.75 Å². The van der Waals surface area contributed by atoms with Crippen molar-refractivity contribution in [2.75, 3.05) is 11.5 Å². The molecule has 0 saturated carbocycles. The monoisotopic (exact) mass is 449 g/mol. The van der Waals surface area contributed by atoms with Crippen molar-refractivity contribution in [2.24, 2.45) is 5.41 Å². The standard InChI is InChI=1S/C28H35NO4/c1-8-17-33-21-12-10-9-11-20(21)29-23(18-13-15-19(16-14-18)27(2,3)4)22(24(30)26(29)32)25(31)28(5,6)7/h9-16,23,30H,8,17H2,1-7H3. The summed E-state index contributed by atoms with van der Waals surface area (Å²) in [6.45, 7) is 14.3. The molecule has 1 unspecified atom stereocenters. The molecule has 176 valence electrons. The van der Waals surface area contributed by atoms with Gasteiger partial charge in [-0.3, -0.25) is 14.5 Å². The van der Waals surface area contributed by atoms with Gasteiger partial charge in [-0.15, -0.1) is 0 Å². The van der Waals surface area contributed by atoms with E-state index in [2.05, 4.69) is 20.8 Å². The third-order valence-corrected chi connectivity index (χ3v) is 5.81. The smallest absolute Gasteiger partial charge is 0.294 e. The van der Waals surface area contributed by atoms with Crippen LogP contribution in [0.5, 0.6) is 5.75 Å². The lowest BCUT2D eigenvalue weighted by Crippen LogP contribution is -2.33. The molecule has 2 aromatic carbocycles. The number of carbonyl (C=O) groups excluding carboxylic acids is 2. The highest BCUT2D eigenvalue weighted by molar-refractivity contribution is 6.17. The zero-order valence-corrected chi connectivity index (χ0v) is 20.7. The number of ketones is 1. The summed E-state index contributed by atoms with van der Waals surface area (Å²) in [5.41, 5.74) is 1.77. The first-order valence-electron chi connectivity index (χ1n) is 11.5. The van der Waals surface area contributed by atoms with Gasteiger partial charge in [0.05, 0.1) is 23.9 Å². The summed E-state index contributed by atoms with van der Waals surface area (Å²) in [7, 11) is 0. The fourth-order valence-corrected chi connectivity index (χ4v) is 3.96. The van der Waals surface area contributed by atoms with Crippen LogP contribution in [-0.4, -0.2) is 23.4 Å². The van der Waals surface area contributed by atoms with E-state index in [4.69, 9.17) is 4.74 Å². The normalized spacial score (nSPS) is 17.0. The number of benzene rings is 2. The van der Waals surface area contributed by atoms with Crippen LogP contribution in [-0.2, 0) is 15.0 Å². The second-order valence-corrected chi connectivity index (χ2v) is 10.6. The molecular weight excluding hydrogens is 414 g/mol. The average Bonchev–Trinajstić information content (AvgIpc) is 3.01. The summed E-state index contributed by atoms with van der Waals surface area (Å²) in [5.74, 6) is -0.806. The molecule has 0 radical (unpaired) electrons. The van der Waals surface area contributed by atoms with E-state index in [9.17, 15) is 14.7 Å². The third kappa shape index (κ3) is 4.82. The fourth-order valence-electron chi connectivity index (χ4n) is 3.96. The van der Waals surface area contributed by atoms with E-state index in [1.54, 1.807) is 32.9 Å². The van der Waals surface area contributed by atoms with Crippen LogP contribution in [0, 0.1) is 5.41 Å². The number of amides is 1. The summed E-state index contributed by atoms with van der Waals surface area (Å²) in [6, 6.07) is 14.4. The van der Waals surface area contributed by atoms with Gasteiger partial charge in [-0.25, -0.2) is 0 Å². The topological polar surface area (TPSA) is 66.8 Å². The molecule has 1 N–H and O–H groups in total. The average molecular weight is 450 g/mol. The predicted molar refractivity (Wildman–Crippen MR) is 132 cm³/mol. The van der Waals surface area contributed by atoms with Gasteiger partial charge in [-0.1, -0.05) is 84.9 Å². The number of ether oxygens (including phenoxy) is 1. The Bertz CT molecular complexity index is 1070. The van der Waals surface area contributed by atoms with E-state index in [-0.39, 0.29) is 16.8 Å². The quantitative estimate of drug-likeness (QED) is 0.563. The molecule has 1 aliphatic rings. The number of rotatable bonds is 6. The van der Waals surface area contributed by atoms with E-state index in [1.807, 2.05) is 43.3 Å². The third-order valence-electron chi connectivity index (χ3n) is 5.81. The van der Waals surface area contributed by atoms with Crippen molar-refractivity contribution in [1.82, 2.24) is 0 Å². The highest BCUT2D eigenvalue weighted by Crippen LogP contribution is 2.46. The lowest BCUT2D eigenvalue weighted by molar-refractivity contribution is -0.123. The van der Waals surface area contributed by atoms with Gasteiger partial charge >= 0.3 is 0 Å². The van der Waals surface area contributed by atoms with Crippen molar-refractivity contribution < 1.29 is 19.4 Å². The van der Waals surface area contributed by atoms with Gasteiger partial charge in [0.15, 0.2) is 11.5 Å². The number of carbonyl (C=O) groups is 2. The highest BCUT2D eigenvalue weighted by Gasteiger charge is 2.47. The molecule has 33 heavy (non-hydrogen) atoms. The highest BCUT2D eigenvalue weighted by atomic mass is 16.5. The second kappa shape index (κ2) is 9.05. The number of hydrogen-bond acceptors (Lipinski definition) is 4. The first-order valence-corrected chi connectivity index (χ1v) is 11.5. The Labute approximate surface area is 197 Å². The first kappa shape index (κ1) is 24.6. The van der Waals surface area contributed by atoms with Gasteiger partial charge in [0.2, 0.25) is 0 Å². The second-order valence-electron chi connectivity index (χ2n) is 10.6. The van der Waals surface area contributed by atoms with Gasteiger partial charge < -0.3 is 9.84 Å². The molecule has 0 aliphatic carbocycles. The van der Waals surface area contributed by atoms with Crippen LogP contribution >= 0.6 is 0 Å². The molecule has 2 aromatic rings. The van der Waals surface area contributed by atoms with Crippen molar-refractivity contribution in [3.8, 4) is 5.75 Å². The van der Waals surface area contributed by atoms with Crippen molar-refractivity contribution in [3.63, 3.8) is 0 Å². The number of nitrogens with zero attached hydrogens (tertiary/aromatic N) is 1. The number of Topliss-reactive ketones (excluding diaryl/α,β-unsaturated/α-hetero) is 1. The summed E-state index contributed by atoms with van der Waals surface area (Å²) in [4.78, 5) is 28.3. The molecule has 1 amide bonds. The van der Waals surface area contributed by atoms with Crippen LogP contribution in [0.3, 0.4) is 0 Å². The maximum absolute atomic E-state index is 13.4. The molecular formula is C28H35NO4. The summed E-state index contributed by atoms with van der Waals surface area (Å²) in [5, 5.41) is 10.9. The minimum Gasteiger partial charge on any atom is -0.503 e. The summed E-state index contributed by atoms with van der Waals surface area (Å²) >= 11 is 0. The van der Waals surface area contributed by atoms with E-state index < -0.39 is 23.1 Å². The zero-order chi connectivity index (χ0) is 24.6. The van der Waals surface area contributed by atoms with Crippen molar-refractivity contribution in [3.05, 3.63) is 71.0 Å². The fraction of sp³-hybridized carbons (Fsp3) is 0.429. The van der Waals surface area contributed by atoms with E-state index in [0.717, 1.165) is 17.5 Å². The van der Waals surface area contributed by atoms with Crippen molar-refractivity contribution in [1.29, 1.82) is 0 Å². The first-order chi connectivity index (χ1) is 15.4. The Balaban J connectivity index is 2.20. The molecule has 5 nitrogen and oxygen atoms in total. The Kier molecular flexibility index (Phi) is 6.73. The molecule has 3 rings (SSSR count). The van der Waals surface area contributed by atoms with E-state index in [1.165, 1.54) is 4.90 Å². The molecule has 0 spiro atoms. The van der Waals surface area contributed by atoms with Crippen molar-refractivity contribution in [2.45, 2.75) is 66.3 Å². The summed E-state index contributed by atoms with van der Waals surface area (Å²) in [6.07, 6.45) is 0.817. The van der Waals surface area contributed by atoms with Gasteiger partial charge in [0, 0.05) is 5.41 Å². The van der Waals surface area contributed by atoms with Crippen LogP contribution < -0.4 is 9.64 Å². The lowest BCUT2D eigenvalue weighted by atomic mass is 9.81. The Morgan fingerprint density at radius 2 is 1.61 bits per heavy atom. The lowest BCUT2D eigenvalue weighted by Gasteiger charge is -2.30. The van der Waals surface area contributed by atoms with Gasteiger partial charge in [-0.2, -0.15) is 0 Å². The predicted octanol–water partition coefficient (Wildman–Crippen LogP) is 6.29. The Morgan fingerprint density at radius 3 is 2.15 bits per heavy atom. The number of aliphatic hydroxyl groups is 1. The van der Waals surface area contributed by atoms with Crippen LogP contribution in [0.1, 0.15) is 72.1 Å². The molecule has 0 aromatic heterocycles. The molecule has 0 saturated heterocycles. The van der Waals surface area contributed by atoms with Gasteiger partial charge in [-0.05, 0) is 35.1 Å². The summed E-state index contributed by atoms with van der Waals surface area (Å²) < 4.78 is 5.91. The molecule has 0 bridgehead atoms. The zero-order valence-electron chi connectivity index (χ0n) is 20.7. The molecule has 1 aliphatic heterocycles. The SMILES string of the molecule is CCCOc1ccccc1N1C(=O)C(O)=C(C(=O)C(C)(C)C)C1c1ccc(C(C)(C)C)cc1. The number of hydrogen-bond donors (Lipinski definition) is 1. The van der Waals surface area contributed by atoms with Crippen LogP contribution in [0.25, 0.3) is 0 Å². The minimum absolute atomic E-state index is 0.0354. The van der Waals surface area contributed by atoms with Crippen LogP contribution in [0.4, 0.5) is 5.69 Å². The van der Waals surface area contributed by atoms with Crippen LogP contribution in [0.15, 0.2) is 59.9 Å². The molecule has 1 atom stereocenters. The van der Waals surface area contributed by atoms with E-state index >= 15 is 0 Å². The molecule has 0 fully saturated rings. The Hall–Kier alpha value is -3.08. The minimum atomic E-state index is -0.762. The van der Waals surface area contributed by atoms with Crippen molar-refractivity contribution >= 4 is 17.4 Å². The molecule has 5 heteroatoms. The number of para-hydroxylation sites is 2. The Morgan fingerprint density at radius 1 is 1.00 bits per heavy atom. The molecule has 1 heterocycles. The number of anilines is 1. The van der Waals surface area contributed by atoms with Gasteiger partial charge in [0.25, 0.3) is 5.91 Å². The number of aliphatic hydroxyl groups excluding tert-OH is 1. The largest absolute Gasteiger partial charge is 0.503 e. The van der Waals surface area contributed by atoms with Crippen LogP contribution in [0.2, 0.25) is 0 Å². The maximum Gasteiger partial charge on any atom is 0.294 e.